The molecule has 0 unspecified atom stereocenters. The Morgan fingerprint density at radius 2 is 1.59 bits per heavy atom. The minimum absolute atomic E-state index is 0.0315. The van der Waals surface area contributed by atoms with Crippen LogP contribution in [-0.4, -0.2) is 9.97 Å². The first-order valence-electron chi connectivity index (χ1n) is 7.95. The second-order valence-corrected chi connectivity index (χ2v) is 7.58. The number of aromatic nitrogens is 2. The highest BCUT2D eigenvalue weighted by atomic mass is 35.5. The van der Waals surface area contributed by atoms with Gasteiger partial charge in [0.15, 0.2) is 5.16 Å². The van der Waals surface area contributed by atoms with E-state index in [0.717, 1.165) is 11.8 Å². The van der Waals surface area contributed by atoms with Crippen molar-refractivity contribution in [2.24, 2.45) is 0 Å². The predicted molar refractivity (Wildman–Crippen MR) is 105 cm³/mol. The van der Waals surface area contributed by atoms with E-state index in [0.29, 0.717) is 27.0 Å². The minimum Gasteiger partial charge on any atom is -0.301 e. The van der Waals surface area contributed by atoms with Gasteiger partial charge in [-0.15, -0.1) is 0 Å². The number of hydrogen-bond donors (Lipinski definition) is 1. The lowest BCUT2D eigenvalue weighted by atomic mass is 10.0. The van der Waals surface area contributed by atoms with Crippen LogP contribution < -0.4 is 5.56 Å². The van der Waals surface area contributed by atoms with Gasteiger partial charge in [0.2, 0.25) is 0 Å². The Morgan fingerprint density at radius 3 is 2.15 bits per heavy atom. The molecular formula is C19H14Cl2F2N2OS. The van der Waals surface area contributed by atoms with Gasteiger partial charge in [0.25, 0.3) is 5.56 Å². The molecule has 2 aromatic carbocycles. The number of thioether (sulfide) groups is 1. The maximum atomic E-state index is 14.0. The van der Waals surface area contributed by atoms with Crippen LogP contribution in [-0.2, 0) is 12.2 Å². The lowest BCUT2D eigenvalue weighted by molar-refractivity contribution is 0.613. The van der Waals surface area contributed by atoms with Crippen molar-refractivity contribution in [2.75, 3.05) is 0 Å². The Bertz CT molecular complexity index is 1020. The molecule has 0 fully saturated rings. The Labute approximate surface area is 168 Å². The van der Waals surface area contributed by atoms with Gasteiger partial charge in [-0.2, -0.15) is 0 Å². The zero-order valence-electron chi connectivity index (χ0n) is 14.2. The minimum atomic E-state index is -0.478. The van der Waals surface area contributed by atoms with Crippen LogP contribution in [0.15, 0.2) is 46.3 Å². The normalized spacial score (nSPS) is 11.0. The number of rotatable bonds is 5. The third-order valence-corrected chi connectivity index (χ3v) is 5.64. The lowest BCUT2D eigenvalue weighted by Crippen LogP contribution is -2.18. The van der Waals surface area contributed by atoms with Gasteiger partial charge < -0.3 is 4.98 Å². The summed E-state index contributed by atoms with van der Waals surface area (Å²) in [4.78, 5) is 19.4. The van der Waals surface area contributed by atoms with E-state index < -0.39 is 11.6 Å². The van der Waals surface area contributed by atoms with Crippen molar-refractivity contribution in [1.82, 2.24) is 9.97 Å². The van der Waals surface area contributed by atoms with Gasteiger partial charge in [-0.25, -0.2) is 13.8 Å². The van der Waals surface area contributed by atoms with Crippen LogP contribution >= 0.6 is 35.0 Å². The third kappa shape index (κ3) is 4.51. The van der Waals surface area contributed by atoms with Crippen LogP contribution in [0, 0.1) is 18.6 Å². The Kier molecular flexibility index (Phi) is 6.19. The average molecular weight is 427 g/mol. The molecule has 0 saturated carbocycles. The number of hydrogen-bond acceptors (Lipinski definition) is 3. The number of nitrogens with zero attached hydrogens (tertiary/aromatic N) is 1. The van der Waals surface area contributed by atoms with E-state index >= 15 is 0 Å². The number of aryl methyl sites for hydroxylation is 1. The fraction of sp³-hybridized carbons (Fsp3) is 0.158. The summed E-state index contributed by atoms with van der Waals surface area (Å²) in [5.74, 6) is -0.680. The highest BCUT2D eigenvalue weighted by Gasteiger charge is 2.15. The van der Waals surface area contributed by atoms with Gasteiger partial charge in [-0.05, 0) is 31.2 Å². The topological polar surface area (TPSA) is 45.8 Å². The van der Waals surface area contributed by atoms with Crippen LogP contribution in [0.4, 0.5) is 8.78 Å². The summed E-state index contributed by atoms with van der Waals surface area (Å²) < 4.78 is 27.8. The van der Waals surface area contributed by atoms with Gasteiger partial charge in [0, 0.05) is 44.6 Å². The molecule has 140 valence electrons. The molecule has 1 N–H and O–H groups in total. The van der Waals surface area contributed by atoms with Crippen molar-refractivity contribution in [2.45, 2.75) is 24.3 Å². The van der Waals surface area contributed by atoms with Crippen molar-refractivity contribution < 1.29 is 8.78 Å². The van der Waals surface area contributed by atoms with E-state index in [1.54, 1.807) is 19.1 Å². The molecule has 0 aliphatic carbocycles. The molecule has 0 amide bonds. The quantitative estimate of drug-likeness (QED) is 0.429. The van der Waals surface area contributed by atoms with Crippen LogP contribution in [0.3, 0.4) is 0 Å². The Balaban J connectivity index is 1.84. The lowest BCUT2D eigenvalue weighted by Gasteiger charge is -2.10. The van der Waals surface area contributed by atoms with Crippen LogP contribution in [0.25, 0.3) is 0 Å². The maximum absolute atomic E-state index is 14.0. The second kappa shape index (κ2) is 8.42. The largest absolute Gasteiger partial charge is 0.301 e. The fourth-order valence-corrected chi connectivity index (χ4v) is 4.03. The van der Waals surface area contributed by atoms with Crippen molar-refractivity contribution in [3.63, 3.8) is 0 Å². The van der Waals surface area contributed by atoms with Crippen LogP contribution in [0.5, 0.6) is 0 Å². The first kappa shape index (κ1) is 19.9. The molecule has 0 aliphatic rings. The van der Waals surface area contributed by atoms with Gasteiger partial charge in [0.1, 0.15) is 11.6 Å². The highest BCUT2D eigenvalue weighted by Crippen LogP contribution is 2.27. The average Bonchev–Trinajstić information content (AvgIpc) is 2.60. The third-order valence-electron chi connectivity index (χ3n) is 4.03. The van der Waals surface area contributed by atoms with E-state index in [4.69, 9.17) is 23.2 Å². The van der Waals surface area contributed by atoms with Gasteiger partial charge in [-0.3, -0.25) is 4.79 Å². The smallest absolute Gasteiger partial charge is 0.255 e. The molecule has 0 spiro atoms. The maximum Gasteiger partial charge on any atom is 0.255 e. The molecular weight excluding hydrogens is 413 g/mol. The van der Waals surface area contributed by atoms with E-state index in [1.165, 1.54) is 24.3 Å². The van der Waals surface area contributed by atoms with Crippen molar-refractivity contribution in [3.8, 4) is 0 Å². The summed E-state index contributed by atoms with van der Waals surface area (Å²) in [6, 6.07) is 8.82. The highest BCUT2D eigenvalue weighted by molar-refractivity contribution is 7.98. The molecule has 0 aliphatic heterocycles. The van der Waals surface area contributed by atoms with E-state index in [-0.39, 0.29) is 28.3 Å². The summed E-state index contributed by atoms with van der Waals surface area (Å²) in [6.07, 6.45) is 0.0315. The van der Waals surface area contributed by atoms with E-state index in [9.17, 15) is 13.6 Å². The second-order valence-electron chi connectivity index (χ2n) is 5.80. The number of halogens is 4. The molecule has 3 aromatic rings. The molecule has 0 radical (unpaired) electrons. The van der Waals surface area contributed by atoms with E-state index in [2.05, 4.69) is 9.97 Å². The molecule has 0 atom stereocenters. The SMILES string of the molecule is Cc1nc(SCc2c(F)cccc2Cl)[nH]c(=O)c1Cc1c(F)cccc1Cl. The first-order valence-corrected chi connectivity index (χ1v) is 9.69. The molecule has 1 aromatic heterocycles. The molecule has 27 heavy (non-hydrogen) atoms. The summed E-state index contributed by atoms with van der Waals surface area (Å²) >= 11 is 13.2. The zero-order valence-corrected chi connectivity index (χ0v) is 16.5. The monoisotopic (exact) mass is 426 g/mol. The zero-order chi connectivity index (χ0) is 19.6. The van der Waals surface area contributed by atoms with Crippen molar-refractivity contribution >= 4 is 35.0 Å². The van der Waals surface area contributed by atoms with Gasteiger partial charge in [0.05, 0.1) is 0 Å². The Hall–Kier alpha value is -1.89. The predicted octanol–water partition coefficient (Wildman–Crippen LogP) is 5.55. The number of nitrogens with one attached hydrogen (secondary N) is 1. The molecule has 0 bridgehead atoms. The first-order chi connectivity index (χ1) is 12.9. The molecule has 8 heteroatoms. The molecule has 3 rings (SSSR count). The van der Waals surface area contributed by atoms with Crippen LogP contribution in [0.2, 0.25) is 10.0 Å². The Morgan fingerprint density at radius 1 is 1.00 bits per heavy atom. The standard InChI is InChI=1S/C19H14Cl2F2N2OS/c1-10-11(8-12-14(20)4-2-6-16(12)22)18(26)25-19(24-10)27-9-13-15(21)5-3-7-17(13)23/h2-7H,8-9H2,1H3,(H,24,25,26). The number of aromatic amines is 1. The number of H-pyrrole nitrogens is 1. The fourth-order valence-electron chi connectivity index (χ4n) is 2.55. The van der Waals surface area contributed by atoms with Crippen molar-refractivity contribution in [1.29, 1.82) is 0 Å². The number of benzene rings is 2. The van der Waals surface area contributed by atoms with Gasteiger partial charge >= 0.3 is 0 Å². The summed E-state index contributed by atoms with van der Waals surface area (Å²) in [5.41, 5.74) is 0.985. The summed E-state index contributed by atoms with van der Waals surface area (Å²) in [5, 5.41) is 0.897. The summed E-state index contributed by atoms with van der Waals surface area (Å²) in [6.45, 7) is 1.67. The van der Waals surface area contributed by atoms with Crippen LogP contribution in [0.1, 0.15) is 22.4 Å². The molecule has 3 nitrogen and oxygen atoms in total. The molecule has 0 saturated heterocycles. The molecule has 1 heterocycles. The summed E-state index contributed by atoms with van der Waals surface area (Å²) in [7, 11) is 0. The van der Waals surface area contributed by atoms with Gasteiger partial charge in [-0.1, -0.05) is 47.1 Å². The van der Waals surface area contributed by atoms with Crippen molar-refractivity contribution in [3.05, 3.63) is 90.8 Å². The van der Waals surface area contributed by atoms with E-state index in [1.807, 2.05) is 0 Å².